The minimum atomic E-state index is -0.155. The molecule has 7 heteroatoms. The molecule has 0 amide bonds. The van der Waals surface area contributed by atoms with Gasteiger partial charge in [-0.15, -0.1) is 0 Å². The van der Waals surface area contributed by atoms with Crippen LogP contribution in [0.5, 0.6) is 17.2 Å². The van der Waals surface area contributed by atoms with Crippen LogP contribution in [0.4, 0.5) is 0 Å². The molecule has 0 unspecified atom stereocenters. The van der Waals surface area contributed by atoms with Crippen molar-refractivity contribution in [1.29, 1.82) is 5.26 Å². The van der Waals surface area contributed by atoms with Crippen molar-refractivity contribution in [3.8, 4) is 34.4 Å². The van der Waals surface area contributed by atoms with Crippen molar-refractivity contribution >= 4 is 0 Å². The Morgan fingerprint density at radius 3 is 2.35 bits per heavy atom. The monoisotopic (exact) mass is 501 g/mol. The molecule has 0 bridgehead atoms. The van der Waals surface area contributed by atoms with Gasteiger partial charge in [-0.1, -0.05) is 48.5 Å². The number of rotatable bonds is 11. The number of nitrogens with zero attached hydrogens (tertiary/aromatic N) is 2. The van der Waals surface area contributed by atoms with Crippen LogP contribution in [0.15, 0.2) is 60.7 Å². The van der Waals surface area contributed by atoms with Gasteiger partial charge in [0.25, 0.3) is 0 Å². The molecule has 1 aliphatic heterocycles. The van der Waals surface area contributed by atoms with E-state index in [2.05, 4.69) is 16.3 Å². The molecule has 7 nitrogen and oxygen atoms in total. The molecule has 2 N–H and O–H groups in total. The van der Waals surface area contributed by atoms with Crippen molar-refractivity contribution in [2.45, 2.75) is 32.1 Å². The second kappa shape index (κ2) is 13.1. The zero-order valence-corrected chi connectivity index (χ0v) is 21.6. The van der Waals surface area contributed by atoms with E-state index in [9.17, 15) is 10.4 Å². The predicted octanol–water partition coefficient (Wildman–Crippen LogP) is 4.37. The summed E-state index contributed by atoms with van der Waals surface area (Å²) in [5, 5.41) is 23.1. The van der Waals surface area contributed by atoms with E-state index in [-0.39, 0.29) is 12.7 Å². The topological polar surface area (TPSA) is 87.0 Å². The molecular weight excluding hydrogens is 466 g/mol. The highest BCUT2D eigenvalue weighted by Crippen LogP contribution is 2.35. The first-order valence-electron chi connectivity index (χ1n) is 12.7. The first-order chi connectivity index (χ1) is 18.1. The number of benzene rings is 3. The number of nitrogens with one attached hydrogen (secondary N) is 1. The number of hydrogen-bond donors (Lipinski definition) is 2. The summed E-state index contributed by atoms with van der Waals surface area (Å²) in [6, 6.07) is 21.8. The van der Waals surface area contributed by atoms with E-state index in [1.54, 1.807) is 14.2 Å². The molecule has 0 aliphatic carbocycles. The first-order valence-corrected chi connectivity index (χ1v) is 12.7. The highest BCUT2D eigenvalue weighted by Gasteiger charge is 2.17. The first kappa shape index (κ1) is 26.5. The fourth-order valence-electron chi connectivity index (χ4n) is 4.68. The fourth-order valence-corrected chi connectivity index (χ4v) is 4.68. The average molecular weight is 502 g/mol. The highest BCUT2D eigenvalue weighted by molar-refractivity contribution is 5.72. The third kappa shape index (κ3) is 6.80. The Morgan fingerprint density at radius 1 is 1.00 bits per heavy atom. The molecule has 0 radical (unpaired) electrons. The smallest absolute Gasteiger partial charge is 0.130 e. The SMILES string of the molecule is COc1cc(OCc2cccc(-c3ccccc3)c2C#N)cc(OC)c1CNCCN1CCC(O)CC1. The van der Waals surface area contributed by atoms with Gasteiger partial charge in [0, 0.05) is 50.4 Å². The number of likely N-dealkylation sites (tertiary alicyclic amines) is 1. The third-order valence-electron chi connectivity index (χ3n) is 6.79. The van der Waals surface area contributed by atoms with Gasteiger partial charge in [0.05, 0.1) is 31.5 Å². The van der Waals surface area contributed by atoms with Crippen molar-refractivity contribution in [2.75, 3.05) is 40.4 Å². The van der Waals surface area contributed by atoms with Gasteiger partial charge in [0.1, 0.15) is 29.9 Å². The molecule has 194 valence electrons. The van der Waals surface area contributed by atoms with Gasteiger partial charge in [0.2, 0.25) is 0 Å². The summed E-state index contributed by atoms with van der Waals surface area (Å²) < 4.78 is 17.5. The van der Waals surface area contributed by atoms with E-state index in [1.165, 1.54) is 0 Å². The Hall–Kier alpha value is -3.57. The summed E-state index contributed by atoms with van der Waals surface area (Å²) >= 11 is 0. The average Bonchev–Trinajstić information content (AvgIpc) is 2.95. The number of aliphatic hydroxyl groups excluding tert-OH is 1. The molecule has 0 aromatic heterocycles. The summed E-state index contributed by atoms with van der Waals surface area (Å²) in [6.45, 7) is 4.47. The van der Waals surface area contributed by atoms with E-state index in [0.717, 1.165) is 61.3 Å². The molecule has 0 spiro atoms. The second-order valence-corrected chi connectivity index (χ2v) is 9.16. The van der Waals surface area contributed by atoms with Gasteiger partial charge in [-0.05, 0) is 24.0 Å². The summed E-state index contributed by atoms with van der Waals surface area (Å²) in [7, 11) is 3.27. The number of methoxy groups -OCH3 is 2. The van der Waals surface area contributed by atoms with Gasteiger partial charge in [-0.2, -0.15) is 5.26 Å². The number of hydrogen-bond acceptors (Lipinski definition) is 7. The van der Waals surface area contributed by atoms with Gasteiger partial charge in [-0.25, -0.2) is 0 Å². The Bertz CT molecular complexity index is 1180. The van der Waals surface area contributed by atoms with Crippen LogP contribution in [0, 0.1) is 11.3 Å². The Labute approximate surface area is 219 Å². The van der Waals surface area contributed by atoms with E-state index in [4.69, 9.17) is 14.2 Å². The van der Waals surface area contributed by atoms with Gasteiger partial charge < -0.3 is 29.5 Å². The maximum Gasteiger partial charge on any atom is 0.130 e. The van der Waals surface area contributed by atoms with Crippen LogP contribution in [0.25, 0.3) is 11.1 Å². The molecule has 1 aliphatic rings. The largest absolute Gasteiger partial charge is 0.496 e. The Kier molecular flexibility index (Phi) is 9.39. The molecule has 0 atom stereocenters. The maximum absolute atomic E-state index is 9.89. The molecule has 3 aromatic rings. The lowest BCUT2D eigenvalue weighted by Crippen LogP contribution is -2.39. The van der Waals surface area contributed by atoms with Crippen molar-refractivity contribution in [1.82, 2.24) is 10.2 Å². The lowest BCUT2D eigenvalue weighted by atomic mass is 9.96. The predicted molar refractivity (Wildman–Crippen MR) is 144 cm³/mol. The molecular formula is C30H35N3O4. The van der Waals surface area contributed by atoms with Crippen LogP contribution < -0.4 is 19.5 Å². The fraction of sp³-hybridized carbons (Fsp3) is 0.367. The van der Waals surface area contributed by atoms with Crippen LogP contribution >= 0.6 is 0 Å². The summed E-state index contributed by atoms with van der Waals surface area (Å²) in [6.07, 6.45) is 1.53. The molecule has 4 rings (SSSR count). The Balaban J connectivity index is 1.42. The number of aliphatic hydroxyl groups is 1. The third-order valence-corrected chi connectivity index (χ3v) is 6.79. The van der Waals surface area contributed by atoms with Crippen molar-refractivity contribution in [2.24, 2.45) is 0 Å². The van der Waals surface area contributed by atoms with Crippen LogP contribution in [0.3, 0.4) is 0 Å². The van der Waals surface area contributed by atoms with E-state index < -0.39 is 0 Å². The van der Waals surface area contributed by atoms with Gasteiger partial charge in [0.15, 0.2) is 0 Å². The summed E-state index contributed by atoms with van der Waals surface area (Å²) in [5.41, 5.74) is 4.24. The molecule has 1 heterocycles. The Morgan fingerprint density at radius 2 is 1.70 bits per heavy atom. The lowest BCUT2D eigenvalue weighted by molar-refractivity contribution is 0.0830. The van der Waals surface area contributed by atoms with Crippen molar-refractivity contribution in [3.63, 3.8) is 0 Å². The lowest BCUT2D eigenvalue weighted by Gasteiger charge is -2.29. The minimum Gasteiger partial charge on any atom is -0.496 e. The van der Waals surface area contributed by atoms with E-state index in [1.807, 2.05) is 60.7 Å². The van der Waals surface area contributed by atoms with Crippen LogP contribution in [-0.2, 0) is 13.2 Å². The van der Waals surface area contributed by atoms with Crippen molar-refractivity contribution in [3.05, 3.63) is 77.4 Å². The number of ether oxygens (including phenoxy) is 3. The number of piperidine rings is 1. The van der Waals surface area contributed by atoms with Crippen LogP contribution in [-0.4, -0.2) is 56.5 Å². The zero-order chi connectivity index (χ0) is 26.0. The van der Waals surface area contributed by atoms with Crippen molar-refractivity contribution < 1.29 is 19.3 Å². The quantitative estimate of drug-likeness (QED) is 0.377. The molecule has 1 fully saturated rings. The number of nitriles is 1. The van der Waals surface area contributed by atoms with E-state index in [0.29, 0.717) is 29.4 Å². The second-order valence-electron chi connectivity index (χ2n) is 9.16. The molecule has 37 heavy (non-hydrogen) atoms. The molecule has 0 saturated carbocycles. The van der Waals surface area contributed by atoms with Gasteiger partial charge >= 0.3 is 0 Å². The molecule has 3 aromatic carbocycles. The molecule has 1 saturated heterocycles. The standard InChI is InChI=1S/C30H35N3O4/c1-35-29-17-25(18-30(36-2)28(29)20-32-13-16-33-14-11-24(34)12-15-33)37-21-23-9-6-10-26(27(23)19-31)22-7-4-3-5-8-22/h3-10,17-18,24,32,34H,11-16,20-21H2,1-2H3. The minimum absolute atomic E-state index is 0.155. The summed E-state index contributed by atoms with van der Waals surface area (Å²) in [4.78, 5) is 2.37. The normalized spacial score (nSPS) is 14.2. The van der Waals surface area contributed by atoms with Gasteiger partial charge in [-0.3, -0.25) is 0 Å². The van der Waals surface area contributed by atoms with E-state index >= 15 is 0 Å². The van der Waals surface area contributed by atoms with Crippen LogP contribution in [0.1, 0.15) is 29.5 Å². The summed E-state index contributed by atoms with van der Waals surface area (Å²) in [5.74, 6) is 1.97. The maximum atomic E-state index is 9.89. The highest BCUT2D eigenvalue weighted by atomic mass is 16.5. The zero-order valence-electron chi connectivity index (χ0n) is 21.6. The van der Waals surface area contributed by atoms with Crippen LogP contribution in [0.2, 0.25) is 0 Å².